The number of hydrogen-bond acceptors (Lipinski definition) is 5. The first-order valence-electron chi connectivity index (χ1n) is 6.87. The lowest BCUT2D eigenvalue weighted by Crippen LogP contribution is -2.43. The number of para-hydroxylation sites is 1. The van der Waals surface area contributed by atoms with E-state index in [9.17, 15) is 8.42 Å². The van der Waals surface area contributed by atoms with Gasteiger partial charge in [-0.3, -0.25) is 0 Å². The lowest BCUT2D eigenvalue weighted by molar-refractivity contribution is 0.256. The molecule has 1 N–H and O–H groups in total. The van der Waals surface area contributed by atoms with Crippen molar-refractivity contribution >= 4 is 21.2 Å². The molecule has 0 saturated carbocycles. The Labute approximate surface area is 128 Å². The van der Waals surface area contributed by atoms with Crippen LogP contribution in [0, 0.1) is 0 Å². The lowest BCUT2D eigenvalue weighted by Gasteiger charge is -2.33. The average molecular weight is 323 g/mol. The summed E-state index contributed by atoms with van der Waals surface area (Å²) < 4.78 is 31.8. The van der Waals surface area contributed by atoms with Gasteiger partial charge < -0.3 is 10.1 Å². The first kappa shape index (κ1) is 14.6. The summed E-state index contributed by atoms with van der Waals surface area (Å²) in [7, 11) is -3.40. The predicted molar refractivity (Wildman–Crippen MR) is 83.6 cm³/mol. The summed E-state index contributed by atoms with van der Waals surface area (Å²) in [5.74, 6) is 0.765. The molecule has 3 rings (SSSR count). The molecule has 112 valence electrons. The minimum atomic E-state index is -3.40. The van der Waals surface area contributed by atoms with Crippen LogP contribution < -0.4 is 10.1 Å². The number of hydrogen-bond donors (Lipinski definition) is 1. The van der Waals surface area contributed by atoms with Gasteiger partial charge in [-0.1, -0.05) is 31.2 Å². The van der Waals surface area contributed by atoms with Gasteiger partial charge in [0.15, 0.2) is 9.84 Å². The Bertz CT molecular complexity index is 710. The van der Waals surface area contributed by atoms with E-state index in [0.29, 0.717) is 10.8 Å². The number of sulfone groups is 1. The van der Waals surface area contributed by atoms with Gasteiger partial charge in [0.1, 0.15) is 21.8 Å². The summed E-state index contributed by atoms with van der Waals surface area (Å²) in [5, 5.41) is 4.48. The van der Waals surface area contributed by atoms with Crippen LogP contribution in [-0.2, 0) is 9.84 Å². The maximum absolute atomic E-state index is 12.8. The third-order valence-corrected chi connectivity index (χ3v) is 7.18. The second-order valence-corrected chi connectivity index (χ2v) is 8.24. The first-order valence-corrected chi connectivity index (χ1v) is 9.29. The van der Waals surface area contributed by atoms with Crippen molar-refractivity contribution < 1.29 is 13.2 Å². The second-order valence-electron chi connectivity index (χ2n) is 4.90. The molecule has 0 bridgehead atoms. The van der Waals surface area contributed by atoms with E-state index < -0.39 is 15.1 Å². The highest BCUT2D eigenvalue weighted by molar-refractivity contribution is 7.94. The number of rotatable bonds is 4. The summed E-state index contributed by atoms with van der Waals surface area (Å²) in [6, 6.07) is 10.8. The molecule has 2 heterocycles. The van der Waals surface area contributed by atoms with Crippen LogP contribution in [-0.4, -0.2) is 26.8 Å². The fourth-order valence-corrected chi connectivity index (χ4v) is 5.58. The van der Waals surface area contributed by atoms with E-state index in [1.807, 2.05) is 31.2 Å². The van der Waals surface area contributed by atoms with Crippen LogP contribution in [0.25, 0.3) is 0 Å². The monoisotopic (exact) mass is 323 g/mol. The van der Waals surface area contributed by atoms with Crippen LogP contribution in [0.4, 0.5) is 0 Å². The third kappa shape index (κ3) is 2.59. The molecule has 0 fully saturated rings. The number of fused-ring (bicyclic) bond motifs is 1. The fraction of sp³-hybridized carbons (Fsp3) is 0.333. The van der Waals surface area contributed by atoms with Crippen LogP contribution in [0.5, 0.6) is 5.75 Å². The zero-order chi connectivity index (χ0) is 14.9. The average Bonchev–Trinajstić information content (AvgIpc) is 3.02. The Morgan fingerprint density at radius 1 is 1.29 bits per heavy atom. The lowest BCUT2D eigenvalue weighted by atomic mass is 10.0. The maximum Gasteiger partial charge on any atom is 0.195 e. The Hall–Kier alpha value is -1.37. The Kier molecular flexibility index (Phi) is 4.01. The predicted octanol–water partition coefficient (Wildman–Crippen LogP) is 2.63. The molecule has 2 unspecified atom stereocenters. The highest BCUT2D eigenvalue weighted by Crippen LogP contribution is 2.37. The van der Waals surface area contributed by atoms with E-state index in [-0.39, 0.29) is 12.6 Å². The third-order valence-electron chi connectivity index (χ3n) is 3.63. The normalized spacial score (nSPS) is 21.6. The highest BCUT2D eigenvalue weighted by Gasteiger charge is 2.40. The molecule has 0 saturated heterocycles. The summed E-state index contributed by atoms with van der Waals surface area (Å²) in [5.41, 5.74) is 0.913. The van der Waals surface area contributed by atoms with E-state index in [1.165, 1.54) is 11.3 Å². The molecule has 2 atom stereocenters. The molecule has 0 amide bonds. The molecule has 0 aliphatic carbocycles. The molecule has 2 aromatic rings. The standard InChI is InChI=1S/C15H17NO3S2/c1-2-16-15-11-6-3-4-7-12(11)19-10-13(15)21(17,18)14-8-5-9-20-14/h3-9,13,15-16H,2,10H2,1H3. The molecule has 1 aliphatic heterocycles. The maximum atomic E-state index is 12.8. The molecular weight excluding hydrogens is 306 g/mol. The molecule has 0 radical (unpaired) electrons. The number of thiophene rings is 1. The van der Waals surface area contributed by atoms with Crippen molar-refractivity contribution in [1.82, 2.24) is 5.32 Å². The smallest absolute Gasteiger partial charge is 0.195 e. The summed E-state index contributed by atoms with van der Waals surface area (Å²) >= 11 is 1.25. The zero-order valence-electron chi connectivity index (χ0n) is 11.7. The molecule has 1 aromatic carbocycles. The van der Waals surface area contributed by atoms with E-state index in [1.54, 1.807) is 17.5 Å². The minimum absolute atomic E-state index is 0.176. The Morgan fingerprint density at radius 2 is 2.10 bits per heavy atom. The van der Waals surface area contributed by atoms with Crippen molar-refractivity contribution in [2.45, 2.75) is 22.4 Å². The van der Waals surface area contributed by atoms with Crippen molar-refractivity contribution in [1.29, 1.82) is 0 Å². The molecule has 6 heteroatoms. The molecular formula is C15H17NO3S2. The summed E-state index contributed by atoms with van der Waals surface area (Å²) in [6.07, 6.45) is 0. The van der Waals surface area contributed by atoms with Crippen LogP contribution in [0.3, 0.4) is 0 Å². The van der Waals surface area contributed by atoms with Gasteiger partial charge in [0, 0.05) is 5.56 Å². The second kappa shape index (κ2) is 5.79. The SMILES string of the molecule is CCNC1c2ccccc2OCC1S(=O)(=O)c1cccs1. The van der Waals surface area contributed by atoms with E-state index in [0.717, 1.165) is 11.3 Å². The molecule has 1 aromatic heterocycles. The number of ether oxygens (including phenoxy) is 1. The molecule has 4 nitrogen and oxygen atoms in total. The highest BCUT2D eigenvalue weighted by atomic mass is 32.2. The molecule has 1 aliphatic rings. The van der Waals surface area contributed by atoms with Gasteiger partial charge >= 0.3 is 0 Å². The van der Waals surface area contributed by atoms with Crippen molar-refractivity contribution in [3.05, 3.63) is 47.3 Å². The zero-order valence-corrected chi connectivity index (χ0v) is 13.3. The van der Waals surface area contributed by atoms with Gasteiger partial charge in [-0.15, -0.1) is 11.3 Å². The quantitative estimate of drug-likeness (QED) is 0.940. The van der Waals surface area contributed by atoms with Crippen LogP contribution in [0.15, 0.2) is 46.0 Å². The van der Waals surface area contributed by atoms with E-state index >= 15 is 0 Å². The number of nitrogens with one attached hydrogen (secondary N) is 1. The van der Waals surface area contributed by atoms with Crippen molar-refractivity contribution in [2.75, 3.05) is 13.2 Å². The molecule has 21 heavy (non-hydrogen) atoms. The van der Waals surface area contributed by atoms with Gasteiger partial charge in [-0.25, -0.2) is 8.42 Å². The van der Waals surface area contributed by atoms with Crippen molar-refractivity contribution in [2.24, 2.45) is 0 Å². The van der Waals surface area contributed by atoms with Gasteiger partial charge in [0.2, 0.25) is 0 Å². The Morgan fingerprint density at radius 3 is 2.81 bits per heavy atom. The largest absolute Gasteiger partial charge is 0.492 e. The van der Waals surface area contributed by atoms with Crippen molar-refractivity contribution in [3.8, 4) is 5.75 Å². The number of benzene rings is 1. The van der Waals surface area contributed by atoms with Gasteiger partial charge in [0.05, 0.1) is 6.04 Å². The van der Waals surface area contributed by atoms with Gasteiger partial charge in [-0.2, -0.15) is 0 Å². The fourth-order valence-electron chi connectivity index (χ4n) is 2.64. The van der Waals surface area contributed by atoms with Crippen molar-refractivity contribution in [3.63, 3.8) is 0 Å². The van der Waals surface area contributed by atoms with E-state index in [2.05, 4.69) is 5.32 Å². The van der Waals surface area contributed by atoms with Crippen LogP contribution in [0.1, 0.15) is 18.5 Å². The molecule has 0 spiro atoms. The summed E-state index contributed by atoms with van der Waals surface area (Å²) in [6.45, 7) is 2.86. The van der Waals surface area contributed by atoms with Gasteiger partial charge in [-0.05, 0) is 24.1 Å². The minimum Gasteiger partial charge on any atom is -0.492 e. The van der Waals surface area contributed by atoms with E-state index in [4.69, 9.17) is 4.74 Å². The first-order chi connectivity index (χ1) is 10.1. The van der Waals surface area contributed by atoms with Crippen LogP contribution in [0.2, 0.25) is 0 Å². The topological polar surface area (TPSA) is 55.4 Å². The Balaban J connectivity index is 2.03. The summed E-state index contributed by atoms with van der Waals surface area (Å²) in [4.78, 5) is 0. The van der Waals surface area contributed by atoms with Gasteiger partial charge in [0.25, 0.3) is 0 Å². The van der Waals surface area contributed by atoms with Crippen LogP contribution >= 0.6 is 11.3 Å².